The Labute approximate surface area is 128 Å². The van der Waals surface area contributed by atoms with E-state index in [1.54, 1.807) is 0 Å². The number of hydrogen-bond donors (Lipinski definition) is 1. The summed E-state index contributed by atoms with van der Waals surface area (Å²) < 4.78 is 2.11. The Morgan fingerprint density at radius 3 is 2.62 bits per heavy atom. The van der Waals surface area contributed by atoms with Crippen LogP contribution in [0, 0.1) is 13.8 Å². The van der Waals surface area contributed by atoms with Gasteiger partial charge in [-0.15, -0.1) is 0 Å². The smallest absolute Gasteiger partial charge is 0.0571 e. The van der Waals surface area contributed by atoms with Gasteiger partial charge in [0.2, 0.25) is 0 Å². The molecule has 1 aromatic carbocycles. The molecule has 0 saturated heterocycles. The first-order chi connectivity index (χ1) is 10.2. The number of aromatic nitrogens is 2. The summed E-state index contributed by atoms with van der Waals surface area (Å²) in [5.74, 6) is 0. The highest BCUT2D eigenvalue weighted by Gasteiger charge is 2.11. The van der Waals surface area contributed by atoms with Gasteiger partial charge < -0.3 is 5.32 Å². The molecule has 3 nitrogen and oxygen atoms in total. The Kier molecular flexibility index (Phi) is 5.57. The van der Waals surface area contributed by atoms with Crippen LogP contribution in [0.1, 0.15) is 43.5 Å². The molecule has 0 fully saturated rings. The molecule has 0 aliphatic rings. The zero-order valence-corrected chi connectivity index (χ0v) is 13.7. The molecule has 2 aromatic rings. The summed E-state index contributed by atoms with van der Waals surface area (Å²) in [5, 5.41) is 8.00. The third kappa shape index (κ3) is 3.73. The van der Waals surface area contributed by atoms with Crippen molar-refractivity contribution in [2.45, 2.75) is 53.6 Å². The Hall–Kier alpha value is -1.61. The maximum Gasteiger partial charge on any atom is 0.0571 e. The lowest BCUT2D eigenvalue weighted by atomic mass is 9.98. The number of nitrogens with zero attached hydrogens (tertiary/aromatic N) is 2. The zero-order chi connectivity index (χ0) is 15.2. The van der Waals surface area contributed by atoms with Crippen molar-refractivity contribution in [3.63, 3.8) is 0 Å². The third-order valence-electron chi connectivity index (χ3n) is 3.89. The van der Waals surface area contributed by atoms with Gasteiger partial charge in [0, 0.05) is 24.3 Å². The van der Waals surface area contributed by atoms with Crippen molar-refractivity contribution >= 4 is 0 Å². The van der Waals surface area contributed by atoms with E-state index in [1.807, 2.05) is 6.20 Å². The highest BCUT2D eigenvalue weighted by Crippen LogP contribution is 2.27. The molecule has 0 saturated carbocycles. The first-order valence-corrected chi connectivity index (χ1v) is 8.00. The standard InChI is InChI=1S/C18H27N3/c1-5-9-19-12-16-8-7-14(3)17(11-16)18-13-20-21(10-6-2)15(18)4/h7-8,11,13,19H,5-6,9-10,12H2,1-4H3. The third-order valence-corrected chi connectivity index (χ3v) is 3.89. The molecule has 0 unspecified atom stereocenters. The van der Waals surface area contributed by atoms with Gasteiger partial charge >= 0.3 is 0 Å². The van der Waals surface area contributed by atoms with E-state index in [1.165, 1.54) is 34.4 Å². The molecule has 2 rings (SSSR count). The van der Waals surface area contributed by atoms with Crippen LogP contribution in [-0.2, 0) is 13.1 Å². The monoisotopic (exact) mass is 285 g/mol. The quantitative estimate of drug-likeness (QED) is 0.777. The van der Waals surface area contributed by atoms with Crippen molar-refractivity contribution in [1.82, 2.24) is 15.1 Å². The molecule has 1 aromatic heterocycles. The van der Waals surface area contributed by atoms with Gasteiger partial charge in [0.15, 0.2) is 0 Å². The van der Waals surface area contributed by atoms with E-state index >= 15 is 0 Å². The minimum atomic E-state index is 0.934. The second-order valence-corrected chi connectivity index (χ2v) is 5.69. The summed E-state index contributed by atoms with van der Waals surface area (Å²) in [5.41, 5.74) is 6.49. The number of nitrogens with one attached hydrogen (secondary N) is 1. The SMILES string of the molecule is CCCNCc1ccc(C)c(-c2cnn(CCC)c2C)c1. The minimum absolute atomic E-state index is 0.934. The van der Waals surface area contributed by atoms with E-state index < -0.39 is 0 Å². The summed E-state index contributed by atoms with van der Waals surface area (Å²) in [7, 11) is 0. The highest BCUT2D eigenvalue weighted by atomic mass is 15.3. The van der Waals surface area contributed by atoms with Crippen molar-refractivity contribution in [3.8, 4) is 11.1 Å². The summed E-state index contributed by atoms with van der Waals surface area (Å²) in [6.07, 6.45) is 4.29. The van der Waals surface area contributed by atoms with Gasteiger partial charge in [0.25, 0.3) is 0 Å². The van der Waals surface area contributed by atoms with Crippen LogP contribution in [0.15, 0.2) is 24.4 Å². The van der Waals surface area contributed by atoms with Crippen molar-refractivity contribution in [2.24, 2.45) is 0 Å². The van der Waals surface area contributed by atoms with Crippen LogP contribution in [-0.4, -0.2) is 16.3 Å². The maximum absolute atomic E-state index is 4.53. The van der Waals surface area contributed by atoms with Crippen LogP contribution in [0.25, 0.3) is 11.1 Å². The van der Waals surface area contributed by atoms with Crippen LogP contribution in [0.3, 0.4) is 0 Å². The van der Waals surface area contributed by atoms with Gasteiger partial charge in [-0.3, -0.25) is 4.68 Å². The molecule has 0 radical (unpaired) electrons. The fraction of sp³-hybridized carbons (Fsp3) is 0.500. The molecule has 0 bridgehead atoms. The lowest BCUT2D eigenvalue weighted by Gasteiger charge is -2.10. The van der Waals surface area contributed by atoms with Gasteiger partial charge in [-0.25, -0.2) is 0 Å². The molecule has 0 aliphatic heterocycles. The van der Waals surface area contributed by atoms with E-state index in [-0.39, 0.29) is 0 Å². The largest absolute Gasteiger partial charge is 0.313 e. The normalized spacial score (nSPS) is 11.0. The summed E-state index contributed by atoms with van der Waals surface area (Å²) >= 11 is 0. The topological polar surface area (TPSA) is 29.9 Å². The van der Waals surface area contributed by atoms with Crippen LogP contribution in [0.2, 0.25) is 0 Å². The molecular formula is C18H27N3. The van der Waals surface area contributed by atoms with E-state index in [2.05, 4.69) is 61.0 Å². The van der Waals surface area contributed by atoms with Crippen molar-refractivity contribution in [3.05, 3.63) is 41.2 Å². The van der Waals surface area contributed by atoms with Crippen LogP contribution >= 0.6 is 0 Å². The molecule has 0 amide bonds. The van der Waals surface area contributed by atoms with Crippen molar-refractivity contribution in [1.29, 1.82) is 0 Å². The Balaban J connectivity index is 2.28. The van der Waals surface area contributed by atoms with Gasteiger partial charge in [-0.1, -0.05) is 26.0 Å². The van der Waals surface area contributed by atoms with Crippen LogP contribution in [0.5, 0.6) is 0 Å². The lowest BCUT2D eigenvalue weighted by Crippen LogP contribution is -2.13. The minimum Gasteiger partial charge on any atom is -0.313 e. The number of benzene rings is 1. The Bertz CT molecular complexity index is 584. The molecule has 1 heterocycles. The molecule has 0 atom stereocenters. The number of hydrogen-bond acceptors (Lipinski definition) is 2. The Morgan fingerprint density at radius 1 is 1.10 bits per heavy atom. The van der Waals surface area contributed by atoms with E-state index in [4.69, 9.17) is 0 Å². The summed E-state index contributed by atoms with van der Waals surface area (Å²) in [4.78, 5) is 0. The average molecular weight is 285 g/mol. The molecule has 114 valence electrons. The number of rotatable bonds is 7. The molecule has 21 heavy (non-hydrogen) atoms. The molecule has 0 spiro atoms. The number of aryl methyl sites for hydroxylation is 2. The first-order valence-electron chi connectivity index (χ1n) is 8.00. The lowest BCUT2D eigenvalue weighted by molar-refractivity contribution is 0.587. The van der Waals surface area contributed by atoms with Gasteiger partial charge in [0.05, 0.1) is 6.20 Å². The zero-order valence-electron chi connectivity index (χ0n) is 13.7. The summed E-state index contributed by atoms with van der Waals surface area (Å²) in [6.45, 7) is 11.7. The molecular weight excluding hydrogens is 258 g/mol. The second-order valence-electron chi connectivity index (χ2n) is 5.69. The van der Waals surface area contributed by atoms with E-state index in [0.717, 1.165) is 26.1 Å². The van der Waals surface area contributed by atoms with Crippen LogP contribution in [0.4, 0.5) is 0 Å². The maximum atomic E-state index is 4.53. The predicted molar refractivity (Wildman–Crippen MR) is 89.4 cm³/mol. The van der Waals surface area contributed by atoms with Crippen molar-refractivity contribution < 1.29 is 0 Å². The Morgan fingerprint density at radius 2 is 1.90 bits per heavy atom. The molecule has 3 heteroatoms. The van der Waals surface area contributed by atoms with Gasteiger partial charge in [-0.05, 0) is 56.0 Å². The first kappa shape index (κ1) is 15.8. The highest BCUT2D eigenvalue weighted by molar-refractivity contribution is 5.69. The van der Waals surface area contributed by atoms with Crippen molar-refractivity contribution in [2.75, 3.05) is 6.54 Å². The van der Waals surface area contributed by atoms with E-state index in [0.29, 0.717) is 0 Å². The average Bonchev–Trinajstić information content (AvgIpc) is 2.83. The van der Waals surface area contributed by atoms with E-state index in [9.17, 15) is 0 Å². The molecule has 0 aliphatic carbocycles. The van der Waals surface area contributed by atoms with Gasteiger partial charge in [-0.2, -0.15) is 5.10 Å². The predicted octanol–water partition coefficient (Wildman–Crippen LogP) is 4.08. The van der Waals surface area contributed by atoms with Gasteiger partial charge in [0.1, 0.15) is 0 Å². The van der Waals surface area contributed by atoms with Crippen LogP contribution < -0.4 is 5.32 Å². The fourth-order valence-corrected chi connectivity index (χ4v) is 2.63. The fourth-order valence-electron chi connectivity index (χ4n) is 2.63. The second kappa shape index (κ2) is 7.41. The molecule has 1 N–H and O–H groups in total. The summed E-state index contributed by atoms with van der Waals surface area (Å²) in [6, 6.07) is 6.74.